The van der Waals surface area contributed by atoms with Gasteiger partial charge in [0.05, 0.1) is 18.8 Å². The molecule has 1 aliphatic rings. The Kier molecular flexibility index (Phi) is 11.2. The maximum Gasteiger partial charge on any atom is 0.194 e. The van der Waals surface area contributed by atoms with Crippen LogP contribution in [0.1, 0.15) is 37.1 Å². The van der Waals surface area contributed by atoms with Crippen molar-refractivity contribution in [2.24, 2.45) is 4.99 Å². The summed E-state index contributed by atoms with van der Waals surface area (Å²) in [5.41, 5.74) is 3.43. The van der Waals surface area contributed by atoms with E-state index in [0.29, 0.717) is 13.2 Å². The molecule has 0 spiro atoms. The van der Waals surface area contributed by atoms with Crippen LogP contribution in [-0.2, 0) is 24.4 Å². The molecule has 1 aliphatic heterocycles. The van der Waals surface area contributed by atoms with E-state index in [9.17, 15) is 0 Å². The van der Waals surface area contributed by atoms with Gasteiger partial charge in [-0.25, -0.2) is 4.99 Å². The van der Waals surface area contributed by atoms with Crippen molar-refractivity contribution in [2.45, 2.75) is 40.0 Å². The van der Waals surface area contributed by atoms with Gasteiger partial charge in [-0.05, 0) is 24.5 Å². The number of ether oxygens (including phenoxy) is 1. The van der Waals surface area contributed by atoms with Gasteiger partial charge in [0.15, 0.2) is 5.96 Å². The van der Waals surface area contributed by atoms with Crippen molar-refractivity contribution in [3.8, 4) is 0 Å². The molecule has 0 atom stereocenters. The van der Waals surface area contributed by atoms with Crippen LogP contribution in [0.2, 0.25) is 0 Å². The monoisotopic (exact) mass is 527 g/mol. The smallest absolute Gasteiger partial charge is 0.194 e. The molecule has 3 rings (SSSR count). The largest absolute Gasteiger partial charge is 0.377 e. The van der Waals surface area contributed by atoms with Gasteiger partial charge in [0.25, 0.3) is 0 Å². The summed E-state index contributed by atoms with van der Waals surface area (Å²) in [5, 5.41) is 7.47. The van der Waals surface area contributed by atoms with Crippen molar-refractivity contribution < 1.29 is 9.26 Å². The van der Waals surface area contributed by atoms with Crippen LogP contribution in [0.5, 0.6) is 0 Å². The Morgan fingerprint density at radius 3 is 2.57 bits per heavy atom. The van der Waals surface area contributed by atoms with Crippen molar-refractivity contribution in [2.75, 3.05) is 39.3 Å². The minimum atomic E-state index is 0. The van der Waals surface area contributed by atoms with Gasteiger partial charge in [-0.1, -0.05) is 36.3 Å². The van der Waals surface area contributed by atoms with Crippen molar-refractivity contribution in [3.63, 3.8) is 0 Å². The molecule has 166 valence electrons. The molecule has 30 heavy (non-hydrogen) atoms. The molecule has 7 nitrogen and oxygen atoms in total. The van der Waals surface area contributed by atoms with Gasteiger partial charge in [0.2, 0.25) is 0 Å². The minimum absolute atomic E-state index is 0. The summed E-state index contributed by atoms with van der Waals surface area (Å²) in [7, 11) is 0. The molecule has 1 N–H and O–H groups in total. The molecule has 1 fully saturated rings. The van der Waals surface area contributed by atoms with Crippen LogP contribution in [0.3, 0.4) is 0 Å². The molecule has 1 aromatic heterocycles. The molecule has 0 saturated carbocycles. The zero-order valence-corrected chi connectivity index (χ0v) is 20.4. The van der Waals surface area contributed by atoms with Crippen LogP contribution < -0.4 is 5.32 Å². The Hall–Kier alpha value is -1.65. The minimum Gasteiger partial charge on any atom is -0.377 e. The molecule has 2 heterocycles. The van der Waals surface area contributed by atoms with E-state index in [1.165, 1.54) is 11.1 Å². The Labute approximate surface area is 196 Å². The van der Waals surface area contributed by atoms with Crippen LogP contribution in [0, 0.1) is 0 Å². The summed E-state index contributed by atoms with van der Waals surface area (Å²) in [4.78, 5) is 9.67. The Morgan fingerprint density at radius 1 is 1.13 bits per heavy atom. The number of aliphatic imine (C=N–C) groups is 1. The number of benzene rings is 1. The number of nitrogens with zero attached hydrogens (tertiary/aromatic N) is 4. The van der Waals surface area contributed by atoms with E-state index in [4.69, 9.17) is 14.3 Å². The van der Waals surface area contributed by atoms with Crippen LogP contribution in [0.15, 0.2) is 46.1 Å². The fourth-order valence-electron chi connectivity index (χ4n) is 3.43. The van der Waals surface area contributed by atoms with Crippen LogP contribution in [0.25, 0.3) is 0 Å². The summed E-state index contributed by atoms with van der Waals surface area (Å²) in [6.07, 6.45) is 2.67. The highest BCUT2D eigenvalue weighted by Gasteiger charge is 2.20. The van der Waals surface area contributed by atoms with E-state index < -0.39 is 0 Å². The van der Waals surface area contributed by atoms with Gasteiger partial charge in [0, 0.05) is 51.9 Å². The highest BCUT2D eigenvalue weighted by Crippen LogP contribution is 2.13. The number of piperazine rings is 1. The average Bonchev–Trinajstić information content (AvgIpc) is 3.26. The van der Waals surface area contributed by atoms with E-state index >= 15 is 0 Å². The lowest BCUT2D eigenvalue weighted by atomic mass is 10.1. The second kappa shape index (κ2) is 13.6. The Balaban J connectivity index is 0.00000320. The maximum atomic E-state index is 5.74. The summed E-state index contributed by atoms with van der Waals surface area (Å²) in [6, 6.07) is 10.4. The molecule has 0 bridgehead atoms. The predicted octanol–water partition coefficient (Wildman–Crippen LogP) is 3.50. The van der Waals surface area contributed by atoms with Gasteiger partial charge in [-0.15, -0.1) is 24.0 Å². The van der Waals surface area contributed by atoms with Gasteiger partial charge < -0.3 is 19.5 Å². The first-order chi connectivity index (χ1) is 14.3. The van der Waals surface area contributed by atoms with Crippen molar-refractivity contribution >= 4 is 29.9 Å². The van der Waals surface area contributed by atoms with Gasteiger partial charge in [-0.2, -0.15) is 0 Å². The zero-order chi connectivity index (χ0) is 20.3. The molecule has 1 saturated heterocycles. The molecule has 0 unspecified atom stereocenters. The summed E-state index contributed by atoms with van der Waals surface area (Å²) in [5.74, 6) is 0.984. The van der Waals surface area contributed by atoms with E-state index in [0.717, 1.165) is 63.9 Å². The number of halogens is 1. The normalized spacial score (nSPS) is 15.1. The fraction of sp³-hybridized carbons (Fsp3) is 0.545. The lowest BCUT2D eigenvalue weighted by Gasteiger charge is -2.36. The number of rotatable bonds is 9. The lowest BCUT2D eigenvalue weighted by molar-refractivity contribution is 0.121. The predicted molar refractivity (Wildman–Crippen MR) is 130 cm³/mol. The standard InChI is InChI=1S/C22H33N5O2.HI/c1-3-14-28-18-20-8-6-5-7-19(20)16-24-22(23-4-2)27-12-10-26(11-13-27)17-21-9-15-29-25-21;/h5-9,15H,3-4,10-14,16-18H2,1-2H3,(H,23,24);1H. The first-order valence-electron chi connectivity index (χ1n) is 10.6. The molecule has 0 aliphatic carbocycles. The van der Waals surface area contributed by atoms with Gasteiger partial charge in [-0.3, -0.25) is 4.90 Å². The summed E-state index contributed by atoms with van der Waals surface area (Å²) < 4.78 is 10.7. The topological polar surface area (TPSA) is 66.1 Å². The van der Waals surface area contributed by atoms with Gasteiger partial charge >= 0.3 is 0 Å². The maximum absolute atomic E-state index is 5.74. The molecule has 8 heteroatoms. The fourth-order valence-corrected chi connectivity index (χ4v) is 3.43. The van der Waals surface area contributed by atoms with Crippen molar-refractivity contribution in [1.29, 1.82) is 0 Å². The van der Waals surface area contributed by atoms with E-state index in [-0.39, 0.29) is 24.0 Å². The molecule has 0 amide bonds. The van der Waals surface area contributed by atoms with E-state index in [1.54, 1.807) is 6.26 Å². The Bertz CT molecular complexity index is 746. The van der Waals surface area contributed by atoms with Gasteiger partial charge in [0.1, 0.15) is 6.26 Å². The number of hydrogen-bond acceptors (Lipinski definition) is 5. The first kappa shape index (κ1) is 24.6. The van der Waals surface area contributed by atoms with E-state index in [1.807, 2.05) is 6.07 Å². The van der Waals surface area contributed by atoms with Crippen LogP contribution >= 0.6 is 24.0 Å². The molecular weight excluding hydrogens is 493 g/mol. The third-order valence-corrected chi connectivity index (χ3v) is 5.01. The third kappa shape index (κ3) is 7.55. The Morgan fingerprint density at radius 2 is 1.90 bits per heavy atom. The number of aromatic nitrogens is 1. The molecule has 1 aromatic carbocycles. The highest BCUT2D eigenvalue weighted by atomic mass is 127. The second-order valence-corrected chi connectivity index (χ2v) is 7.25. The first-order valence-corrected chi connectivity index (χ1v) is 10.6. The lowest BCUT2D eigenvalue weighted by Crippen LogP contribution is -2.52. The second-order valence-electron chi connectivity index (χ2n) is 7.25. The molecular formula is C22H34IN5O2. The van der Waals surface area contributed by atoms with Crippen LogP contribution in [0.4, 0.5) is 0 Å². The molecule has 0 radical (unpaired) electrons. The van der Waals surface area contributed by atoms with Crippen molar-refractivity contribution in [1.82, 2.24) is 20.3 Å². The zero-order valence-electron chi connectivity index (χ0n) is 18.0. The van der Waals surface area contributed by atoms with Crippen LogP contribution in [-0.4, -0.2) is 60.2 Å². The van der Waals surface area contributed by atoms with E-state index in [2.05, 4.69) is 58.4 Å². The summed E-state index contributed by atoms with van der Waals surface area (Å²) in [6.45, 7) is 11.9. The molecule has 2 aromatic rings. The van der Waals surface area contributed by atoms with Crippen molar-refractivity contribution in [3.05, 3.63) is 53.4 Å². The quantitative estimate of drug-likeness (QED) is 0.233. The number of hydrogen-bond donors (Lipinski definition) is 1. The average molecular weight is 527 g/mol. The summed E-state index contributed by atoms with van der Waals surface area (Å²) >= 11 is 0. The number of nitrogens with one attached hydrogen (secondary N) is 1. The third-order valence-electron chi connectivity index (χ3n) is 5.01. The SMILES string of the molecule is CCCOCc1ccccc1CN=C(NCC)N1CCN(Cc2ccon2)CC1.I. The highest BCUT2D eigenvalue weighted by molar-refractivity contribution is 14.0. The number of guanidine groups is 1.